The molecule has 0 unspecified atom stereocenters. The van der Waals surface area contributed by atoms with Gasteiger partial charge in [0.25, 0.3) is 0 Å². The van der Waals surface area contributed by atoms with Crippen molar-refractivity contribution in [3.05, 3.63) is 236 Å². The summed E-state index contributed by atoms with van der Waals surface area (Å²) in [6, 6.07) is 78.6. The van der Waals surface area contributed by atoms with Gasteiger partial charge in [-0.3, -0.25) is 9.55 Å². The second-order valence-corrected chi connectivity index (χ2v) is 18.8. The summed E-state index contributed by atoms with van der Waals surface area (Å²) in [5, 5.41) is 14.5. The van der Waals surface area contributed by atoms with Crippen LogP contribution < -0.4 is 0 Å². The van der Waals surface area contributed by atoms with E-state index in [2.05, 4.69) is 218 Å². The van der Waals surface area contributed by atoms with Gasteiger partial charge < -0.3 is 9.67 Å². The van der Waals surface area contributed by atoms with Gasteiger partial charge >= 0.3 is 0 Å². The van der Waals surface area contributed by atoms with Crippen LogP contribution in [0.2, 0.25) is 0 Å². The Kier molecular flexibility index (Phi) is 10.1. The Balaban J connectivity index is 1.07. The van der Waals surface area contributed by atoms with Gasteiger partial charge in [-0.1, -0.05) is 178 Å². The number of pyridine rings is 1. The van der Waals surface area contributed by atoms with Crippen molar-refractivity contribution >= 4 is 32.8 Å². The molecular formula is C64H48N4O. The number of aromatic nitrogens is 4. The molecule has 0 bridgehead atoms. The van der Waals surface area contributed by atoms with Crippen LogP contribution in [0.4, 0.5) is 0 Å². The van der Waals surface area contributed by atoms with Crippen molar-refractivity contribution in [1.29, 1.82) is 0 Å². The number of fused-ring (bicyclic) bond motifs is 4. The van der Waals surface area contributed by atoms with E-state index in [1.807, 2.05) is 42.6 Å². The van der Waals surface area contributed by atoms with Crippen molar-refractivity contribution in [2.75, 3.05) is 0 Å². The molecule has 0 aliphatic rings. The van der Waals surface area contributed by atoms with E-state index in [0.29, 0.717) is 11.4 Å². The van der Waals surface area contributed by atoms with E-state index in [4.69, 9.17) is 9.97 Å². The fourth-order valence-electron chi connectivity index (χ4n) is 9.94. The van der Waals surface area contributed by atoms with E-state index in [0.717, 1.165) is 88.9 Å². The lowest BCUT2D eigenvalue weighted by Gasteiger charge is -2.22. The maximum atomic E-state index is 12.4. The fourth-order valence-corrected chi connectivity index (χ4v) is 9.94. The van der Waals surface area contributed by atoms with E-state index >= 15 is 0 Å². The lowest BCUT2D eigenvalue weighted by molar-refractivity contribution is 0.477. The van der Waals surface area contributed by atoms with Gasteiger partial charge in [-0.05, 0) is 105 Å². The third-order valence-electron chi connectivity index (χ3n) is 13.5. The number of phenolic OH excluding ortho intramolecular Hbond substituents is 1. The molecule has 0 atom stereocenters. The molecule has 5 heteroatoms. The number of imidazole rings is 1. The molecule has 0 radical (unpaired) electrons. The number of benzene rings is 9. The molecule has 12 rings (SSSR count). The number of para-hydroxylation sites is 4. The highest BCUT2D eigenvalue weighted by Gasteiger charge is 2.25. The molecule has 0 saturated carbocycles. The number of nitrogens with zero attached hydrogens (tertiary/aromatic N) is 4. The molecule has 3 heterocycles. The smallest absolute Gasteiger partial charge is 0.149 e. The molecule has 0 aliphatic heterocycles. The van der Waals surface area contributed by atoms with Crippen molar-refractivity contribution in [3.8, 4) is 84.3 Å². The van der Waals surface area contributed by atoms with E-state index in [9.17, 15) is 5.11 Å². The van der Waals surface area contributed by atoms with Crippen LogP contribution in [-0.4, -0.2) is 24.2 Å². The van der Waals surface area contributed by atoms with E-state index in [1.165, 1.54) is 16.7 Å². The SMILES string of the molecule is CC(C)(C)c1cc(-c2cc(-c3ccc(-c4ccccc4)cc3)ccn2)cc(-c2cccc3c2nc(-c2cc4c5ccccc5n(-c5ccccc5)c4cc2O)n3-c2ccccc2-c2ccccc2)c1. The summed E-state index contributed by atoms with van der Waals surface area (Å²) in [6.07, 6.45) is 1.92. The molecule has 12 aromatic rings. The topological polar surface area (TPSA) is 55.9 Å². The van der Waals surface area contributed by atoms with Crippen molar-refractivity contribution in [3.63, 3.8) is 0 Å². The second-order valence-electron chi connectivity index (χ2n) is 18.8. The van der Waals surface area contributed by atoms with E-state index in [-0.39, 0.29) is 11.2 Å². The maximum absolute atomic E-state index is 12.4. The lowest BCUT2D eigenvalue weighted by Crippen LogP contribution is -2.11. The Bertz CT molecular complexity index is 3860. The standard InChI is InChI=1S/C64H48N4O/c1-64(2,3)49-37-47(36-48(38-49)56-39-46(34-35-65-56)44-32-30-43(31-33-44)42-18-7-4-8-19-42)52-26-17-29-59-62(52)66-63(68(59)57-27-15-13-24-51(57)45-20-9-5-10-21-45)55-40-54-53-25-14-16-28-58(53)67(60(54)41-61(55)69)50-22-11-6-12-23-50/h4-41,69H,1-3H3. The summed E-state index contributed by atoms with van der Waals surface area (Å²) in [6.45, 7) is 6.78. The summed E-state index contributed by atoms with van der Waals surface area (Å²) in [7, 11) is 0. The Labute approximate surface area is 401 Å². The third-order valence-corrected chi connectivity index (χ3v) is 13.5. The van der Waals surface area contributed by atoms with Gasteiger partial charge in [0.1, 0.15) is 11.6 Å². The van der Waals surface area contributed by atoms with Crippen LogP contribution in [-0.2, 0) is 5.41 Å². The summed E-state index contributed by atoms with van der Waals surface area (Å²) < 4.78 is 4.47. The maximum Gasteiger partial charge on any atom is 0.149 e. The summed E-state index contributed by atoms with van der Waals surface area (Å²) in [5.41, 5.74) is 18.1. The largest absolute Gasteiger partial charge is 0.507 e. The number of phenols is 1. The van der Waals surface area contributed by atoms with Gasteiger partial charge in [-0.15, -0.1) is 0 Å². The molecule has 3 aromatic heterocycles. The first-order valence-electron chi connectivity index (χ1n) is 23.5. The molecule has 330 valence electrons. The highest BCUT2D eigenvalue weighted by atomic mass is 16.3. The first-order valence-corrected chi connectivity index (χ1v) is 23.5. The molecule has 9 aromatic carbocycles. The first kappa shape index (κ1) is 41.6. The molecule has 0 saturated heterocycles. The van der Waals surface area contributed by atoms with Gasteiger partial charge in [-0.25, -0.2) is 4.98 Å². The van der Waals surface area contributed by atoms with Crippen molar-refractivity contribution in [2.24, 2.45) is 0 Å². The van der Waals surface area contributed by atoms with Crippen LogP contribution in [0.5, 0.6) is 5.75 Å². The zero-order chi connectivity index (χ0) is 46.6. The Morgan fingerprint density at radius 3 is 1.77 bits per heavy atom. The normalized spacial score (nSPS) is 11.8. The number of hydrogen-bond donors (Lipinski definition) is 1. The summed E-state index contributed by atoms with van der Waals surface area (Å²) in [4.78, 5) is 10.6. The quantitative estimate of drug-likeness (QED) is 0.165. The van der Waals surface area contributed by atoms with E-state index < -0.39 is 0 Å². The van der Waals surface area contributed by atoms with Gasteiger partial charge in [0.2, 0.25) is 0 Å². The van der Waals surface area contributed by atoms with Crippen molar-refractivity contribution < 1.29 is 5.11 Å². The molecule has 0 amide bonds. The zero-order valence-corrected chi connectivity index (χ0v) is 38.7. The van der Waals surface area contributed by atoms with E-state index in [1.54, 1.807) is 0 Å². The van der Waals surface area contributed by atoms with Crippen LogP contribution in [0.25, 0.3) is 111 Å². The predicted octanol–water partition coefficient (Wildman–Crippen LogP) is 16.5. The van der Waals surface area contributed by atoms with Crippen LogP contribution in [0.3, 0.4) is 0 Å². The second kappa shape index (κ2) is 16.8. The Morgan fingerprint density at radius 2 is 1.01 bits per heavy atom. The van der Waals surface area contributed by atoms with Gasteiger partial charge in [0, 0.05) is 45.4 Å². The lowest BCUT2D eigenvalue weighted by atomic mass is 9.83. The highest BCUT2D eigenvalue weighted by Crippen LogP contribution is 2.44. The average molecular weight is 889 g/mol. The molecule has 0 fully saturated rings. The van der Waals surface area contributed by atoms with Crippen LogP contribution >= 0.6 is 0 Å². The van der Waals surface area contributed by atoms with Gasteiger partial charge in [0.15, 0.2) is 0 Å². The minimum Gasteiger partial charge on any atom is -0.507 e. The molecule has 1 N–H and O–H groups in total. The van der Waals surface area contributed by atoms with Crippen LogP contribution in [0, 0.1) is 0 Å². The predicted molar refractivity (Wildman–Crippen MR) is 286 cm³/mol. The summed E-state index contributed by atoms with van der Waals surface area (Å²) in [5.74, 6) is 0.798. The number of rotatable bonds is 8. The summed E-state index contributed by atoms with van der Waals surface area (Å²) >= 11 is 0. The Morgan fingerprint density at radius 1 is 0.406 bits per heavy atom. The zero-order valence-electron chi connectivity index (χ0n) is 38.7. The van der Waals surface area contributed by atoms with Gasteiger partial charge in [0.05, 0.1) is 39.0 Å². The fraction of sp³-hybridized carbons (Fsp3) is 0.0625. The monoisotopic (exact) mass is 888 g/mol. The third kappa shape index (κ3) is 7.45. The average Bonchev–Trinajstić information content (AvgIpc) is 3.94. The van der Waals surface area contributed by atoms with Crippen LogP contribution in [0.15, 0.2) is 231 Å². The van der Waals surface area contributed by atoms with Crippen molar-refractivity contribution in [1.82, 2.24) is 19.1 Å². The highest BCUT2D eigenvalue weighted by molar-refractivity contribution is 6.11. The molecular weight excluding hydrogens is 841 g/mol. The Hall–Kier alpha value is -8.80. The number of hydrogen-bond acceptors (Lipinski definition) is 3. The molecule has 0 aliphatic carbocycles. The first-order chi connectivity index (χ1) is 33.8. The molecule has 69 heavy (non-hydrogen) atoms. The molecule has 0 spiro atoms. The molecule has 5 nitrogen and oxygen atoms in total. The van der Waals surface area contributed by atoms with Crippen LogP contribution in [0.1, 0.15) is 26.3 Å². The minimum atomic E-state index is -0.164. The number of aromatic hydroxyl groups is 1. The van der Waals surface area contributed by atoms with Gasteiger partial charge in [-0.2, -0.15) is 0 Å². The van der Waals surface area contributed by atoms with Crippen molar-refractivity contribution in [2.45, 2.75) is 26.2 Å². The minimum absolute atomic E-state index is 0.149.